The number of hydrogen-bond acceptors (Lipinski definition) is 4. The third kappa shape index (κ3) is 2.45. The predicted octanol–water partition coefficient (Wildman–Crippen LogP) is 3.16. The maximum absolute atomic E-state index is 4.89. The molecule has 0 aliphatic rings. The highest BCUT2D eigenvalue weighted by Gasteiger charge is 2.18. The largest absolute Gasteiger partial charge is 0.399 e. The van der Waals surface area contributed by atoms with E-state index in [4.69, 9.17) is 4.84 Å². The van der Waals surface area contributed by atoms with Gasteiger partial charge in [-0.15, -0.1) is 0 Å². The van der Waals surface area contributed by atoms with Crippen LogP contribution in [0.5, 0.6) is 0 Å². The van der Waals surface area contributed by atoms with Crippen molar-refractivity contribution < 1.29 is 4.84 Å². The molecule has 0 aromatic carbocycles. The molecule has 0 amide bonds. The minimum atomic E-state index is 0.407. The summed E-state index contributed by atoms with van der Waals surface area (Å²) in [6.07, 6.45) is 5.54. The number of oxime groups is 1. The molecule has 0 saturated heterocycles. The van der Waals surface area contributed by atoms with Crippen LogP contribution in [-0.2, 0) is 4.84 Å². The van der Waals surface area contributed by atoms with Gasteiger partial charge in [0, 0.05) is 17.6 Å². The van der Waals surface area contributed by atoms with E-state index in [9.17, 15) is 0 Å². The van der Waals surface area contributed by atoms with Crippen molar-refractivity contribution in [1.29, 1.82) is 0 Å². The predicted molar refractivity (Wildman–Crippen MR) is 76.4 cm³/mol. The molecule has 2 aromatic rings. The van der Waals surface area contributed by atoms with Crippen molar-refractivity contribution in [2.75, 3.05) is 7.11 Å². The molecule has 5 heteroatoms. The van der Waals surface area contributed by atoms with Crippen LogP contribution in [0.25, 0.3) is 11.0 Å². The molecule has 2 rings (SSSR count). The van der Waals surface area contributed by atoms with E-state index in [2.05, 4.69) is 39.6 Å². The first-order valence-electron chi connectivity index (χ1n) is 6.61. The molecule has 0 radical (unpaired) electrons. The zero-order valence-corrected chi connectivity index (χ0v) is 11.9. The SMILES string of the molecule is CCC(CC)n1c(C(C)=NOC)cc2cncnc21. The second-order valence-electron chi connectivity index (χ2n) is 4.53. The summed E-state index contributed by atoms with van der Waals surface area (Å²) in [5, 5.41) is 5.09. The Kier molecular flexibility index (Phi) is 4.14. The maximum Gasteiger partial charge on any atom is 0.144 e. The Morgan fingerprint density at radius 1 is 1.42 bits per heavy atom. The van der Waals surface area contributed by atoms with Crippen LogP contribution < -0.4 is 0 Å². The van der Waals surface area contributed by atoms with Crippen molar-refractivity contribution in [2.24, 2.45) is 5.16 Å². The summed E-state index contributed by atoms with van der Waals surface area (Å²) in [7, 11) is 1.56. The molecule has 0 unspecified atom stereocenters. The summed E-state index contributed by atoms with van der Waals surface area (Å²) in [4.78, 5) is 13.4. The van der Waals surface area contributed by atoms with E-state index in [0.29, 0.717) is 6.04 Å². The first kappa shape index (κ1) is 13.5. The standard InChI is InChI=1S/C14H20N4O/c1-5-12(6-2)18-13(10(3)17-19-4)7-11-8-15-9-16-14(11)18/h7-9,12H,5-6H2,1-4H3. The van der Waals surface area contributed by atoms with Crippen LogP contribution in [0.15, 0.2) is 23.7 Å². The van der Waals surface area contributed by atoms with Crippen LogP contribution in [0.1, 0.15) is 45.3 Å². The minimum absolute atomic E-state index is 0.407. The Labute approximate surface area is 113 Å². The van der Waals surface area contributed by atoms with Gasteiger partial charge in [0.1, 0.15) is 24.8 Å². The third-order valence-corrected chi connectivity index (χ3v) is 3.41. The van der Waals surface area contributed by atoms with Gasteiger partial charge in [-0.2, -0.15) is 0 Å². The van der Waals surface area contributed by atoms with Crippen molar-refractivity contribution in [3.05, 3.63) is 24.3 Å². The van der Waals surface area contributed by atoms with Gasteiger partial charge in [-0.25, -0.2) is 9.97 Å². The lowest BCUT2D eigenvalue weighted by Gasteiger charge is -2.19. The molecule has 0 fully saturated rings. The van der Waals surface area contributed by atoms with Crippen molar-refractivity contribution in [2.45, 2.75) is 39.7 Å². The Hall–Kier alpha value is -1.91. The Morgan fingerprint density at radius 3 is 2.79 bits per heavy atom. The Morgan fingerprint density at radius 2 is 2.16 bits per heavy atom. The molecule has 19 heavy (non-hydrogen) atoms. The maximum atomic E-state index is 4.89. The van der Waals surface area contributed by atoms with Gasteiger partial charge < -0.3 is 9.40 Å². The molecule has 5 nitrogen and oxygen atoms in total. The molecule has 0 N–H and O–H groups in total. The van der Waals surface area contributed by atoms with Gasteiger partial charge in [0.25, 0.3) is 0 Å². The topological polar surface area (TPSA) is 52.3 Å². The fourth-order valence-electron chi connectivity index (χ4n) is 2.45. The van der Waals surface area contributed by atoms with Crippen LogP contribution in [0.3, 0.4) is 0 Å². The summed E-state index contributed by atoms with van der Waals surface area (Å²) < 4.78 is 2.24. The third-order valence-electron chi connectivity index (χ3n) is 3.41. The van der Waals surface area contributed by atoms with Gasteiger partial charge in [-0.05, 0) is 25.8 Å². The van der Waals surface area contributed by atoms with Gasteiger partial charge >= 0.3 is 0 Å². The van der Waals surface area contributed by atoms with E-state index >= 15 is 0 Å². The molecule has 0 bridgehead atoms. The second-order valence-corrected chi connectivity index (χ2v) is 4.53. The number of hydrogen-bond donors (Lipinski definition) is 0. The smallest absolute Gasteiger partial charge is 0.144 e. The first-order valence-corrected chi connectivity index (χ1v) is 6.61. The van der Waals surface area contributed by atoms with Crippen LogP contribution in [0.4, 0.5) is 0 Å². The molecule has 0 aliphatic heterocycles. The second kappa shape index (κ2) is 5.82. The molecule has 0 aliphatic carbocycles. The van der Waals surface area contributed by atoms with Gasteiger partial charge in [-0.1, -0.05) is 19.0 Å². The van der Waals surface area contributed by atoms with E-state index in [0.717, 1.165) is 35.3 Å². The van der Waals surface area contributed by atoms with Crippen LogP contribution in [-0.4, -0.2) is 27.4 Å². The lowest BCUT2D eigenvalue weighted by atomic mass is 10.1. The number of rotatable bonds is 5. The zero-order valence-electron chi connectivity index (χ0n) is 11.9. The molecular weight excluding hydrogens is 240 g/mol. The number of nitrogens with zero attached hydrogens (tertiary/aromatic N) is 4. The monoisotopic (exact) mass is 260 g/mol. The van der Waals surface area contributed by atoms with Crippen LogP contribution >= 0.6 is 0 Å². The van der Waals surface area contributed by atoms with E-state index in [1.54, 1.807) is 13.4 Å². The normalized spacial score (nSPS) is 12.4. The minimum Gasteiger partial charge on any atom is -0.399 e. The summed E-state index contributed by atoms with van der Waals surface area (Å²) >= 11 is 0. The summed E-state index contributed by atoms with van der Waals surface area (Å²) in [5.74, 6) is 0. The number of aromatic nitrogens is 3. The highest BCUT2D eigenvalue weighted by molar-refractivity contribution is 6.01. The van der Waals surface area contributed by atoms with Crippen molar-refractivity contribution in [1.82, 2.24) is 14.5 Å². The van der Waals surface area contributed by atoms with Crippen molar-refractivity contribution in [3.63, 3.8) is 0 Å². The lowest BCUT2D eigenvalue weighted by molar-refractivity contribution is 0.213. The summed E-state index contributed by atoms with van der Waals surface area (Å²) in [6.45, 7) is 6.32. The molecule has 0 spiro atoms. The van der Waals surface area contributed by atoms with Gasteiger partial charge in [-0.3, -0.25) is 0 Å². The quantitative estimate of drug-likeness (QED) is 0.613. The van der Waals surface area contributed by atoms with Crippen LogP contribution in [0.2, 0.25) is 0 Å². The van der Waals surface area contributed by atoms with Crippen LogP contribution in [0, 0.1) is 0 Å². The molecule has 2 aromatic heterocycles. The van der Waals surface area contributed by atoms with Crippen molar-refractivity contribution in [3.8, 4) is 0 Å². The fraction of sp³-hybridized carbons (Fsp3) is 0.500. The van der Waals surface area contributed by atoms with E-state index in [-0.39, 0.29) is 0 Å². The highest BCUT2D eigenvalue weighted by atomic mass is 16.6. The Balaban J connectivity index is 2.68. The van der Waals surface area contributed by atoms with Gasteiger partial charge in [0.15, 0.2) is 0 Å². The molecule has 0 saturated carbocycles. The average Bonchev–Trinajstić information content (AvgIpc) is 2.81. The van der Waals surface area contributed by atoms with Crippen molar-refractivity contribution >= 4 is 16.7 Å². The van der Waals surface area contributed by atoms with E-state index in [1.807, 2.05) is 13.1 Å². The molecular formula is C14H20N4O. The fourth-order valence-corrected chi connectivity index (χ4v) is 2.45. The Bertz CT molecular complexity index is 584. The molecule has 0 atom stereocenters. The average molecular weight is 260 g/mol. The van der Waals surface area contributed by atoms with Gasteiger partial charge in [0.2, 0.25) is 0 Å². The molecule has 102 valence electrons. The highest BCUT2D eigenvalue weighted by Crippen LogP contribution is 2.26. The van der Waals surface area contributed by atoms with Gasteiger partial charge in [0.05, 0.1) is 5.69 Å². The summed E-state index contributed by atoms with van der Waals surface area (Å²) in [6, 6.07) is 2.48. The van der Waals surface area contributed by atoms with E-state index < -0.39 is 0 Å². The lowest BCUT2D eigenvalue weighted by Crippen LogP contribution is -2.14. The zero-order chi connectivity index (χ0) is 13.8. The summed E-state index contributed by atoms with van der Waals surface area (Å²) in [5.41, 5.74) is 2.86. The molecule has 2 heterocycles. The number of fused-ring (bicyclic) bond motifs is 1. The first-order chi connectivity index (χ1) is 9.22. The van der Waals surface area contributed by atoms with E-state index in [1.165, 1.54) is 0 Å².